The van der Waals surface area contributed by atoms with Crippen LogP contribution in [0.4, 0.5) is 0 Å². The molecule has 0 aliphatic heterocycles. The highest BCUT2D eigenvalue weighted by Gasteiger charge is 2.61. The van der Waals surface area contributed by atoms with Gasteiger partial charge in [-0.1, -0.05) is 54.3 Å². The molecule has 0 N–H and O–H groups in total. The summed E-state index contributed by atoms with van der Waals surface area (Å²) in [4.78, 5) is 27.5. The first-order valence-corrected chi connectivity index (χ1v) is 12.3. The van der Waals surface area contributed by atoms with E-state index in [4.69, 9.17) is 0 Å². The van der Waals surface area contributed by atoms with Crippen LogP contribution in [0.3, 0.4) is 0 Å². The molecule has 1 aliphatic rings. The lowest BCUT2D eigenvalue weighted by atomic mass is 9.87. The van der Waals surface area contributed by atoms with E-state index in [0.29, 0.717) is 24.0 Å². The normalized spacial score (nSPS) is 15.8. The van der Waals surface area contributed by atoms with E-state index in [2.05, 4.69) is 0 Å². The van der Waals surface area contributed by atoms with Gasteiger partial charge in [0, 0.05) is 18.4 Å². The quantitative estimate of drug-likeness (QED) is 0.359. The Hall–Kier alpha value is -2.12. The molecule has 1 unspecified atom stereocenters. The summed E-state index contributed by atoms with van der Waals surface area (Å²) in [5.74, 6) is -0.0776. The average molecular weight is 424 g/mol. The van der Waals surface area contributed by atoms with Crippen LogP contribution in [-0.4, -0.2) is 16.5 Å². The molecule has 1 fully saturated rings. The number of carbonyl (C=O) groups excluding carboxylic acids is 2. The predicted octanol–water partition coefficient (Wildman–Crippen LogP) is 6.90. The van der Waals surface area contributed by atoms with E-state index in [1.54, 1.807) is 0 Å². The third-order valence-corrected chi connectivity index (χ3v) is 8.56. The minimum Gasteiger partial charge on any atom is -0.289 e. The zero-order valence-corrected chi connectivity index (χ0v) is 19.7. The average Bonchev–Trinajstić information content (AvgIpc) is 3.22. The summed E-state index contributed by atoms with van der Waals surface area (Å²) >= 11 is 0. The number of hydrogen-bond donors (Lipinski definition) is 0. The van der Waals surface area contributed by atoms with Crippen LogP contribution in [0, 0.1) is 20.8 Å². The van der Waals surface area contributed by atoms with Crippen molar-refractivity contribution in [3.05, 3.63) is 69.3 Å². The van der Waals surface area contributed by atoms with Gasteiger partial charge in [-0.25, -0.2) is 4.79 Å². The van der Waals surface area contributed by atoms with Crippen LogP contribution in [0.25, 0.3) is 0 Å². The van der Waals surface area contributed by atoms with Crippen molar-refractivity contribution in [2.75, 3.05) is 0 Å². The minimum atomic E-state index is -2.38. The Labute approximate surface area is 181 Å². The highest BCUT2D eigenvalue weighted by molar-refractivity contribution is 7.67. The van der Waals surface area contributed by atoms with Crippen molar-refractivity contribution in [2.24, 2.45) is 0 Å². The second-order valence-corrected chi connectivity index (χ2v) is 10.5. The molecule has 0 radical (unpaired) electrons. The van der Waals surface area contributed by atoms with Crippen LogP contribution in [0.15, 0.2) is 30.3 Å². The molecule has 1 saturated carbocycles. The number of ketones is 1. The van der Waals surface area contributed by atoms with Gasteiger partial charge < -0.3 is 0 Å². The fourth-order valence-electron chi connectivity index (χ4n) is 5.06. The molecule has 4 heteroatoms. The molecule has 2 aromatic rings. The van der Waals surface area contributed by atoms with Gasteiger partial charge in [0.1, 0.15) is 0 Å². The van der Waals surface area contributed by atoms with Gasteiger partial charge in [-0.2, -0.15) is 0 Å². The fourth-order valence-corrected chi connectivity index (χ4v) is 7.03. The second kappa shape index (κ2) is 8.94. The van der Waals surface area contributed by atoms with Crippen molar-refractivity contribution in [3.63, 3.8) is 0 Å². The summed E-state index contributed by atoms with van der Waals surface area (Å²) < 4.78 is 13.8. The first kappa shape index (κ1) is 22.6. The zero-order valence-electron chi connectivity index (χ0n) is 18.8. The van der Waals surface area contributed by atoms with Crippen molar-refractivity contribution >= 4 is 19.1 Å². The molecule has 0 aromatic heterocycles. The van der Waals surface area contributed by atoms with Crippen molar-refractivity contribution in [2.45, 2.75) is 78.3 Å². The van der Waals surface area contributed by atoms with Crippen molar-refractivity contribution in [3.8, 4) is 0 Å². The lowest BCUT2D eigenvalue weighted by Crippen LogP contribution is -2.35. The Bertz CT molecular complexity index is 968. The standard InChI is InChI=1S/C26H32O3P/c1-6-20-11-10-12-21(7-2)23(20)24(27)26(13-8-9-14-26)30(29)25(28)22-18(4)15-17(3)16-19(22)5/h10-12,15-16H,6-9,13-14H2,1-5H3/q+1. The molecule has 0 bridgehead atoms. The molecule has 3 nitrogen and oxygen atoms in total. The van der Waals surface area contributed by atoms with E-state index in [-0.39, 0.29) is 11.3 Å². The van der Waals surface area contributed by atoms with Gasteiger partial charge in [0.2, 0.25) is 10.9 Å². The Morgan fingerprint density at radius 1 is 0.900 bits per heavy atom. The van der Waals surface area contributed by atoms with Gasteiger partial charge in [0.05, 0.1) is 5.56 Å². The third-order valence-electron chi connectivity index (χ3n) is 6.54. The van der Waals surface area contributed by atoms with Crippen molar-refractivity contribution in [1.29, 1.82) is 0 Å². The molecule has 1 aliphatic carbocycles. The van der Waals surface area contributed by atoms with Crippen LogP contribution in [0.5, 0.6) is 0 Å². The Morgan fingerprint density at radius 2 is 1.40 bits per heavy atom. The Balaban J connectivity index is 2.11. The number of aryl methyl sites for hydroxylation is 5. The molecule has 0 heterocycles. The summed E-state index contributed by atoms with van der Waals surface area (Å²) in [6.07, 6.45) is 4.21. The van der Waals surface area contributed by atoms with Gasteiger partial charge in [0.25, 0.3) is 0 Å². The molecule has 2 aromatic carbocycles. The molecule has 158 valence electrons. The maximum atomic E-state index is 14.0. The van der Waals surface area contributed by atoms with Crippen molar-refractivity contribution in [1.82, 2.24) is 0 Å². The largest absolute Gasteiger partial charge is 0.434 e. The van der Waals surface area contributed by atoms with E-state index >= 15 is 0 Å². The van der Waals surface area contributed by atoms with Crippen LogP contribution < -0.4 is 0 Å². The lowest BCUT2D eigenvalue weighted by Gasteiger charge is -2.20. The fraction of sp³-hybridized carbons (Fsp3) is 0.462. The first-order chi connectivity index (χ1) is 14.3. The van der Waals surface area contributed by atoms with E-state index in [1.807, 2.05) is 65.0 Å². The van der Waals surface area contributed by atoms with E-state index < -0.39 is 13.0 Å². The molecule has 1 atom stereocenters. The smallest absolute Gasteiger partial charge is 0.289 e. The Morgan fingerprint density at radius 3 is 1.87 bits per heavy atom. The minimum absolute atomic E-state index is 0.0776. The third kappa shape index (κ3) is 3.81. The highest BCUT2D eigenvalue weighted by atomic mass is 31.1. The number of carbonyl (C=O) groups is 2. The van der Waals surface area contributed by atoms with E-state index in [1.165, 1.54) is 0 Å². The molecule has 0 saturated heterocycles. The topological polar surface area (TPSA) is 51.2 Å². The van der Waals surface area contributed by atoms with Gasteiger partial charge in [-0.15, -0.1) is 0 Å². The summed E-state index contributed by atoms with van der Waals surface area (Å²) in [6.45, 7) is 9.85. The molecular formula is C26H32O3P+. The van der Waals surface area contributed by atoms with Crippen LogP contribution in [-0.2, 0) is 17.4 Å². The SMILES string of the molecule is CCc1cccc(CC)c1C(=O)C1([P+](=O)C(=O)c2c(C)cc(C)cc2C)CCCC1. The summed E-state index contributed by atoms with van der Waals surface area (Å²) in [5, 5.41) is -1.08. The summed E-state index contributed by atoms with van der Waals surface area (Å²) in [7, 11) is -2.38. The number of hydrogen-bond acceptors (Lipinski definition) is 3. The van der Waals surface area contributed by atoms with Gasteiger partial charge >= 0.3 is 13.3 Å². The van der Waals surface area contributed by atoms with Crippen LogP contribution >= 0.6 is 7.80 Å². The van der Waals surface area contributed by atoms with E-state index in [9.17, 15) is 14.2 Å². The molecule has 0 amide bonds. The van der Waals surface area contributed by atoms with Gasteiger partial charge in [0.15, 0.2) is 0 Å². The summed E-state index contributed by atoms with van der Waals surface area (Å²) in [5.41, 5.74) is 5.61. The number of benzene rings is 2. The van der Waals surface area contributed by atoms with Gasteiger partial charge in [-0.3, -0.25) is 4.79 Å². The molecular weight excluding hydrogens is 391 g/mol. The summed E-state index contributed by atoms with van der Waals surface area (Å²) in [6, 6.07) is 9.86. The van der Waals surface area contributed by atoms with Gasteiger partial charge in [-0.05, 0) is 68.7 Å². The molecule has 30 heavy (non-hydrogen) atoms. The predicted molar refractivity (Wildman–Crippen MR) is 123 cm³/mol. The zero-order chi connectivity index (χ0) is 22.1. The van der Waals surface area contributed by atoms with Crippen molar-refractivity contribution < 1.29 is 14.2 Å². The molecule has 0 spiro atoms. The number of Topliss-reactive ketones (excluding diaryl/α,β-unsaturated/α-hetero) is 1. The monoisotopic (exact) mass is 423 g/mol. The Kier molecular flexibility index (Phi) is 6.72. The maximum Gasteiger partial charge on any atom is 0.434 e. The second-order valence-electron chi connectivity index (χ2n) is 8.60. The molecule has 3 rings (SSSR count). The maximum absolute atomic E-state index is 14.0. The number of rotatable bonds is 7. The highest BCUT2D eigenvalue weighted by Crippen LogP contribution is 2.54. The lowest BCUT2D eigenvalue weighted by molar-refractivity contribution is 0.0929. The van der Waals surface area contributed by atoms with Crippen LogP contribution in [0.1, 0.15) is 88.1 Å². The van der Waals surface area contributed by atoms with Crippen LogP contribution in [0.2, 0.25) is 0 Å². The van der Waals surface area contributed by atoms with E-state index in [0.717, 1.165) is 53.5 Å². The first-order valence-electron chi connectivity index (χ1n) is 11.0.